The molecule has 0 atom stereocenters. The van der Waals surface area contributed by atoms with Gasteiger partial charge in [0, 0.05) is 23.2 Å². The van der Waals surface area contributed by atoms with Gasteiger partial charge in [-0.1, -0.05) is 30.9 Å². The van der Waals surface area contributed by atoms with Crippen molar-refractivity contribution >= 4 is 28.8 Å². The predicted molar refractivity (Wildman–Crippen MR) is 85.6 cm³/mol. The first-order valence-electron chi connectivity index (χ1n) is 7.07. The van der Waals surface area contributed by atoms with E-state index < -0.39 is 0 Å². The Morgan fingerprint density at radius 1 is 1.30 bits per heavy atom. The van der Waals surface area contributed by atoms with Crippen molar-refractivity contribution in [2.45, 2.75) is 45.1 Å². The molecule has 0 aromatic carbocycles. The molecule has 0 spiro atoms. The number of hydrogen-bond acceptors (Lipinski definition) is 4. The maximum atomic E-state index is 6.26. The number of hydrogen-bond donors (Lipinski definition) is 1. The first-order chi connectivity index (χ1) is 9.72. The third kappa shape index (κ3) is 3.13. The third-order valence-corrected chi connectivity index (χ3v) is 4.78. The number of aromatic nitrogens is 2. The number of pyridine rings is 1. The first-order valence-corrected chi connectivity index (χ1v) is 8.33. The van der Waals surface area contributed by atoms with E-state index in [0.29, 0.717) is 11.1 Å². The Kier molecular flexibility index (Phi) is 4.22. The molecule has 1 fully saturated rings. The zero-order valence-electron chi connectivity index (χ0n) is 11.5. The molecule has 20 heavy (non-hydrogen) atoms. The van der Waals surface area contributed by atoms with Gasteiger partial charge in [0.15, 0.2) is 0 Å². The molecule has 106 valence electrons. The quantitative estimate of drug-likeness (QED) is 0.875. The zero-order chi connectivity index (χ0) is 13.9. The summed E-state index contributed by atoms with van der Waals surface area (Å²) in [5, 5.41) is 7.28. The lowest BCUT2D eigenvalue weighted by molar-refractivity contribution is 0.462. The van der Waals surface area contributed by atoms with Crippen LogP contribution in [0.5, 0.6) is 0 Å². The van der Waals surface area contributed by atoms with Crippen LogP contribution in [0.1, 0.15) is 37.1 Å². The van der Waals surface area contributed by atoms with Gasteiger partial charge in [-0.3, -0.25) is 0 Å². The Labute approximate surface area is 128 Å². The maximum Gasteiger partial charge on any atom is 0.126 e. The van der Waals surface area contributed by atoms with Crippen LogP contribution in [-0.4, -0.2) is 16.0 Å². The Balaban J connectivity index is 1.82. The van der Waals surface area contributed by atoms with Crippen molar-refractivity contribution < 1.29 is 0 Å². The molecule has 0 aliphatic heterocycles. The van der Waals surface area contributed by atoms with Crippen LogP contribution in [-0.2, 0) is 0 Å². The average Bonchev–Trinajstić information content (AvgIpc) is 2.89. The van der Waals surface area contributed by atoms with E-state index in [2.05, 4.69) is 15.3 Å². The van der Waals surface area contributed by atoms with Crippen molar-refractivity contribution in [3.05, 3.63) is 27.7 Å². The van der Waals surface area contributed by atoms with E-state index in [-0.39, 0.29) is 0 Å². The molecule has 0 bridgehead atoms. The van der Waals surface area contributed by atoms with Crippen molar-refractivity contribution in [2.75, 3.05) is 5.32 Å². The van der Waals surface area contributed by atoms with Gasteiger partial charge in [0.25, 0.3) is 0 Å². The van der Waals surface area contributed by atoms with Crippen molar-refractivity contribution in [1.82, 2.24) is 9.97 Å². The summed E-state index contributed by atoms with van der Waals surface area (Å²) < 4.78 is 0. The van der Waals surface area contributed by atoms with E-state index >= 15 is 0 Å². The Bertz CT molecular complexity index is 591. The third-order valence-electron chi connectivity index (χ3n) is 3.71. The SMILES string of the molecule is Cc1nc(-c2cc(NC3CCCCC3)ncc2Cl)cs1. The summed E-state index contributed by atoms with van der Waals surface area (Å²) in [5.74, 6) is 0.905. The van der Waals surface area contributed by atoms with E-state index in [4.69, 9.17) is 11.6 Å². The zero-order valence-corrected chi connectivity index (χ0v) is 13.1. The van der Waals surface area contributed by atoms with Gasteiger partial charge in [-0.05, 0) is 25.8 Å². The summed E-state index contributed by atoms with van der Waals surface area (Å²) in [6, 6.07) is 2.56. The van der Waals surface area contributed by atoms with E-state index in [0.717, 1.165) is 22.1 Å². The van der Waals surface area contributed by atoms with Crippen LogP contribution in [0.25, 0.3) is 11.3 Å². The highest BCUT2D eigenvalue weighted by Gasteiger charge is 2.15. The van der Waals surface area contributed by atoms with E-state index in [1.54, 1.807) is 17.5 Å². The molecule has 3 nitrogen and oxygen atoms in total. The second kappa shape index (κ2) is 6.10. The van der Waals surface area contributed by atoms with Crippen LogP contribution < -0.4 is 5.32 Å². The van der Waals surface area contributed by atoms with Gasteiger partial charge < -0.3 is 5.32 Å². The highest BCUT2D eigenvalue weighted by atomic mass is 35.5. The van der Waals surface area contributed by atoms with Crippen molar-refractivity contribution in [3.8, 4) is 11.3 Å². The molecule has 0 saturated heterocycles. The van der Waals surface area contributed by atoms with E-state index in [9.17, 15) is 0 Å². The molecule has 2 aromatic heterocycles. The lowest BCUT2D eigenvalue weighted by atomic mass is 9.95. The van der Waals surface area contributed by atoms with Gasteiger partial charge >= 0.3 is 0 Å². The minimum absolute atomic E-state index is 0.544. The van der Waals surface area contributed by atoms with Gasteiger partial charge in [-0.15, -0.1) is 11.3 Å². The van der Waals surface area contributed by atoms with Crippen molar-refractivity contribution in [2.24, 2.45) is 0 Å². The largest absolute Gasteiger partial charge is 0.367 e. The van der Waals surface area contributed by atoms with Crippen LogP contribution in [0.4, 0.5) is 5.82 Å². The van der Waals surface area contributed by atoms with Gasteiger partial charge in [0.05, 0.1) is 15.7 Å². The van der Waals surface area contributed by atoms with Gasteiger partial charge in [-0.2, -0.15) is 0 Å². The molecule has 1 N–H and O–H groups in total. The molecular formula is C15H18ClN3S. The number of anilines is 1. The monoisotopic (exact) mass is 307 g/mol. The highest BCUT2D eigenvalue weighted by Crippen LogP contribution is 2.31. The molecular weight excluding hydrogens is 290 g/mol. The summed E-state index contributed by atoms with van der Waals surface area (Å²) in [4.78, 5) is 8.91. The number of nitrogens with zero attached hydrogens (tertiary/aromatic N) is 2. The second-order valence-electron chi connectivity index (χ2n) is 5.28. The van der Waals surface area contributed by atoms with Crippen LogP contribution in [0.3, 0.4) is 0 Å². The molecule has 1 aliphatic rings. The molecule has 3 rings (SSSR count). The second-order valence-corrected chi connectivity index (χ2v) is 6.75. The Hall–Kier alpha value is -1.13. The molecule has 0 radical (unpaired) electrons. The minimum Gasteiger partial charge on any atom is -0.367 e. The van der Waals surface area contributed by atoms with Gasteiger partial charge in [-0.25, -0.2) is 9.97 Å². The average molecular weight is 308 g/mol. The fourth-order valence-electron chi connectivity index (χ4n) is 2.66. The number of thiazole rings is 1. The summed E-state index contributed by atoms with van der Waals surface area (Å²) in [7, 11) is 0. The Morgan fingerprint density at radius 3 is 2.80 bits per heavy atom. The normalized spacial score (nSPS) is 16.3. The molecule has 1 saturated carbocycles. The molecule has 5 heteroatoms. The number of nitrogens with one attached hydrogen (secondary N) is 1. The molecule has 2 aromatic rings. The first kappa shape index (κ1) is 13.8. The molecule has 2 heterocycles. The fraction of sp³-hybridized carbons (Fsp3) is 0.467. The number of rotatable bonds is 3. The number of aryl methyl sites for hydroxylation is 1. The lowest BCUT2D eigenvalue weighted by Gasteiger charge is -2.23. The molecule has 0 unspecified atom stereocenters. The van der Waals surface area contributed by atoms with Crippen LogP contribution in [0, 0.1) is 6.92 Å². The summed E-state index contributed by atoms with van der Waals surface area (Å²) in [6.07, 6.45) is 8.16. The predicted octanol–water partition coefficient (Wildman–Crippen LogP) is 4.91. The van der Waals surface area contributed by atoms with E-state index in [1.807, 2.05) is 18.4 Å². The van der Waals surface area contributed by atoms with Crippen molar-refractivity contribution in [3.63, 3.8) is 0 Å². The van der Waals surface area contributed by atoms with Crippen LogP contribution in [0.15, 0.2) is 17.6 Å². The van der Waals surface area contributed by atoms with Gasteiger partial charge in [0.2, 0.25) is 0 Å². The minimum atomic E-state index is 0.544. The topological polar surface area (TPSA) is 37.8 Å². The van der Waals surface area contributed by atoms with Crippen molar-refractivity contribution in [1.29, 1.82) is 0 Å². The summed E-state index contributed by atoms with van der Waals surface area (Å²) in [5.41, 5.74) is 1.90. The molecule has 0 amide bonds. The smallest absolute Gasteiger partial charge is 0.126 e. The maximum absolute atomic E-state index is 6.26. The van der Waals surface area contributed by atoms with Gasteiger partial charge in [0.1, 0.15) is 5.82 Å². The Morgan fingerprint density at radius 2 is 2.10 bits per heavy atom. The molecule has 1 aliphatic carbocycles. The summed E-state index contributed by atoms with van der Waals surface area (Å²) in [6.45, 7) is 2.00. The fourth-order valence-corrected chi connectivity index (χ4v) is 3.47. The summed E-state index contributed by atoms with van der Waals surface area (Å²) >= 11 is 7.90. The van der Waals surface area contributed by atoms with E-state index in [1.165, 1.54) is 32.1 Å². The standard InChI is InChI=1S/C15H18ClN3S/c1-10-18-14(9-20-10)12-7-15(17-8-13(12)16)19-11-5-3-2-4-6-11/h7-9,11H,2-6H2,1H3,(H,17,19). The number of halogens is 1. The van der Waals surface area contributed by atoms with Crippen LogP contribution in [0.2, 0.25) is 5.02 Å². The highest BCUT2D eigenvalue weighted by molar-refractivity contribution is 7.09. The van der Waals surface area contributed by atoms with Crippen LogP contribution >= 0.6 is 22.9 Å². The lowest BCUT2D eigenvalue weighted by Crippen LogP contribution is -2.22.